The Morgan fingerprint density at radius 1 is 1.42 bits per heavy atom. The van der Waals surface area contributed by atoms with Gasteiger partial charge < -0.3 is 15.2 Å². The number of hydrogen-bond donors (Lipinski definition) is 2. The average Bonchev–Trinajstić information content (AvgIpc) is 3.14. The zero-order valence-electron chi connectivity index (χ0n) is 11.3. The third kappa shape index (κ3) is 2.87. The van der Waals surface area contributed by atoms with Gasteiger partial charge in [-0.2, -0.15) is 0 Å². The van der Waals surface area contributed by atoms with Gasteiger partial charge in [-0.25, -0.2) is 9.97 Å². The van der Waals surface area contributed by atoms with Gasteiger partial charge in [0.05, 0.1) is 12.7 Å². The second-order valence-electron chi connectivity index (χ2n) is 5.94. The quantitative estimate of drug-likeness (QED) is 0.815. The number of aliphatic hydroxyl groups excluding tert-OH is 1. The van der Waals surface area contributed by atoms with Gasteiger partial charge in [0.25, 0.3) is 0 Å². The van der Waals surface area contributed by atoms with Crippen molar-refractivity contribution in [3.8, 4) is 0 Å². The van der Waals surface area contributed by atoms with Crippen LogP contribution in [0, 0.1) is 5.41 Å². The van der Waals surface area contributed by atoms with Gasteiger partial charge in [-0.05, 0) is 25.7 Å². The van der Waals surface area contributed by atoms with Crippen LogP contribution < -0.4 is 5.32 Å². The van der Waals surface area contributed by atoms with E-state index in [4.69, 9.17) is 4.74 Å². The number of aromatic nitrogens is 2. The van der Waals surface area contributed by atoms with Gasteiger partial charge >= 0.3 is 0 Å². The van der Waals surface area contributed by atoms with Crippen LogP contribution in [-0.4, -0.2) is 41.4 Å². The molecule has 0 spiro atoms. The summed E-state index contributed by atoms with van der Waals surface area (Å²) in [6, 6.07) is 2.01. The zero-order valence-corrected chi connectivity index (χ0v) is 11.3. The molecule has 0 radical (unpaired) electrons. The second kappa shape index (κ2) is 5.06. The fraction of sp³-hybridized carbons (Fsp3) is 0.714. The normalized spacial score (nSPS) is 27.7. The molecule has 2 fully saturated rings. The summed E-state index contributed by atoms with van der Waals surface area (Å²) in [7, 11) is 1.75. The molecule has 1 heterocycles. The fourth-order valence-corrected chi connectivity index (χ4v) is 2.65. The topological polar surface area (TPSA) is 67.3 Å². The van der Waals surface area contributed by atoms with E-state index in [0.29, 0.717) is 11.3 Å². The van der Waals surface area contributed by atoms with Crippen molar-refractivity contribution in [2.45, 2.75) is 37.7 Å². The number of ether oxygens (including phenoxy) is 1. The smallest absolute Gasteiger partial charge is 0.129 e. The van der Waals surface area contributed by atoms with Crippen LogP contribution in [0.5, 0.6) is 0 Å². The van der Waals surface area contributed by atoms with Crippen LogP contribution in [0.15, 0.2) is 12.4 Å². The van der Waals surface area contributed by atoms with Crippen molar-refractivity contribution in [1.29, 1.82) is 0 Å². The van der Waals surface area contributed by atoms with E-state index in [1.54, 1.807) is 13.4 Å². The molecule has 2 aliphatic carbocycles. The van der Waals surface area contributed by atoms with Crippen LogP contribution in [0.1, 0.15) is 37.3 Å². The Morgan fingerprint density at radius 2 is 2.21 bits per heavy atom. The number of nitrogens with one attached hydrogen (secondary N) is 1. The average molecular weight is 263 g/mol. The molecule has 2 aliphatic rings. The summed E-state index contributed by atoms with van der Waals surface area (Å²) in [5, 5.41) is 12.7. The summed E-state index contributed by atoms with van der Waals surface area (Å²) in [5.74, 6) is 1.28. The lowest BCUT2D eigenvalue weighted by molar-refractivity contribution is 0.0732. The van der Waals surface area contributed by atoms with Crippen molar-refractivity contribution >= 4 is 5.82 Å². The first kappa shape index (κ1) is 12.8. The second-order valence-corrected chi connectivity index (χ2v) is 5.94. The first-order valence-corrected chi connectivity index (χ1v) is 6.94. The van der Waals surface area contributed by atoms with Crippen molar-refractivity contribution < 1.29 is 9.84 Å². The number of anilines is 1. The number of nitrogens with zero attached hydrogens (tertiary/aromatic N) is 2. The Labute approximate surface area is 113 Å². The lowest BCUT2D eigenvalue weighted by Crippen LogP contribution is -2.27. The van der Waals surface area contributed by atoms with Crippen LogP contribution in [0.25, 0.3) is 0 Å². The summed E-state index contributed by atoms with van der Waals surface area (Å²) in [4.78, 5) is 8.57. The molecule has 0 aliphatic heterocycles. The molecule has 104 valence electrons. The van der Waals surface area contributed by atoms with Gasteiger partial charge in [0.1, 0.15) is 12.1 Å². The monoisotopic (exact) mass is 263 g/mol. The van der Waals surface area contributed by atoms with Crippen molar-refractivity contribution in [2.24, 2.45) is 5.41 Å². The van der Waals surface area contributed by atoms with E-state index in [-0.39, 0.29) is 6.10 Å². The van der Waals surface area contributed by atoms with Crippen LogP contribution in [0.3, 0.4) is 0 Å². The molecule has 1 aromatic heterocycles. The van der Waals surface area contributed by atoms with E-state index in [1.807, 2.05) is 6.07 Å². The SMILES string of the molecule is COCC1(CNc2cc(C3CC(O)C3)ncn2)CC1. The molecule has 2 saturated carbocycles. The Hall–Kier alpha value is -1.20. The van der Waals surface area contributed by atoms with Gasteiger partial charge in [0.15, 0.2) is 0 Å². The van der Waals surface area contributed by atoms with Crippen molar-refractivity contribution in [3.05, 3.63) is 18.1 Å². The van der Waals surface area contributed by atoms with E-state index in [1.165, 1.54) is 12.8 Å². The summed E-state index contributed by atoms with van der Waals surface area (Å²) in [6.45, 7) is 1.72. The van der Waals surface area contributed by atoms with Crippen molar-refractivity contribution in [2.75, 3.05) is 25.6 Å². The maximum absolute atomic E-state index is 9.35. The first-order valence-electron chi connectivity index (χ1n) is 6.94. The minimum absolute atomic E-state index is 0.146. The highest BCUT2D eigenvalue weighted by molar-refractivity contribution is 5.37. The van der Waals surface area contributed by atoms with Crippen LogP contribution in [-0.2, 0) is 4.74 Å². The Balaban J connectivity index is 1.57. The molecule has 0 amide bonds. The highest BCUT2D eigenvalue weighted by Gasteiger charge is 2.42. The number of aliphatic hydroxyl groups is 1. The molecule has 1 aromatic rings. The zero-order chi connectivity index (χ0) is 13.3. The predicted molar refractivity (Wildman–Crippen MR) is 72.0 cm³/mol. The van der Waals surface area contributed by atoms with Gasteiger partial charge in [-0.3, -0.25) is 0 Å². The Morgan fingerprint density at radius 3 is 2.84 bits per heavy atom. The van der Waals surface area contributed by atoms with Crippen molar-refractivity contribution in [3.63, 3.8) is 0 Å². The molecule has 2 N–H and O–H groups in total. The van der Waals surface area contributed by atoms with E-state index < -0.39 is 0 Å². The number of hydrogen-bond acceptors (Lipinski definition) is 5. The molecule has 0 aromatic carbocycles. The molecule has 0 atom stereocenters. The summed E-state index contributed by atoms with van der Waals surface area (Å²) >= 11 is 0. The predicted octanol–water partition coefficient (Wildman–Crippen LogP) is 1.55. The van der Waals surface area contributed by atoms with E-state index in [9.17, 15) is 5.11 Å². The third-order valence-corrected chi connectivity index (χ3v) is 4.27. The highest BCUT2D eigenvalue weighted by Crippen LogP contribution is 2.45. The van der Waals surface area contributed by atoms with Gasteiger partial charge in [-0.15, -0.1) is 0 Å². The van der Waals surface area contributed by atoms with E-state index in [2.05, 4.69) is 15.3 Å². The Kier molecular flexibility index (Phi) is 3.41. The van der Waals surface area contributed by atoms with Gasteiger partial charge in [0.2, 0.25) is 0 Å². The summed E-state index contributed by atoms with van der Waals surface area (Å²) in [5.41, 5.74) is 1.35. The van der Waals surface area contributed by atoms with Gasteiger partial charge in [-0.1, -0.05) is 0 Å². The molecule has 5 heteroatoms. The summed E-state index contributed by atoms with van der Waals surface area (Å²) < 4.78 is 5.26. The molecule has 19 heavy (non-hydrogen) atoms. The molecular formula is C14H21N3O2. The first-order chi connectivity index (χ1) is 9.21. The van der Waals surface area contributed by atoms with Crippen LogP contribution >= 0.6 is 0 Å². The van der Waals surface area contributed by atoms with E-state index >= 15 is 0 Å². The maximum Gasteiger partial charge on any atom is 0.129 e. The Bertz CT molecular complexity index is 442. The largest absolute Gasteiger partial charge is 0.393 e. The fourth-order valence-electron chi connectivity index (χ4n) is 2.65. The third-order valence-electron chi connectivity index (χ3n) is 4.27. The highest BCUT2D eigenvalue weighted by atomic mass is 16.5. The summed E-state index contributed by atoms with van der Waals surface area (Å²) in [6.07, 6.45) is 5.56. The molecule has 0 unspecified atom stereocenters. The molecule has 3 rings (SSSR count). The lowest BCUT2D eigenvalue weighted by atomic mass is 9.80. The number of methoxy groups -OCH3 is 1. The minimum Gasteiger partial charge on any atom is -0.393 e. The molecule has 5 nitrogen and oxygen atoms in total. The lowest BCUT2D eigenvalue weighted by Gasteiger charge is -2.30. The van der Waals surface area contributed by atoms with E-state index in [0.717, 1.165) is 37.5 Å². The minimum atomic E-state index is -0.146. The molecule has 0 bridgehead atoms. The molecule has 0 saturated heterocycles. The van der Waals surface area contributed by atoms with Gasteiger partial charge in [0, 0.05) is 36.7 Å². The standard InChI is InChI=1S/C14H21N3O2/c1-19-8-14(2-3-14)7-15-13-6-12(16-9-17-13)10-4-11(18)5-10/h6,9-11,18H,2-5,7-8H2,1H3,(H,15,16,17). The molecular weight excluding hydrogens is 242 g/mol. The number of rotatable bonds is 6. The maximum atomic E-state index is 9.35. The van der Waals surface area contributed by atoms with Crippen molar-refractivity contribution in [1.82, 2.24) is 9.97 Å². The van der Waals surface area contributed by atoms with Crippen LogP contribution in [0.2, 0.25) is 0 Å². The van der Waals surface area contributed by atoms with Crippen LogP contribution in [0.4, 0.5) is 5.82 Å².